The molecule has 2 aromatic heterocycles. The quantitative estimate of drug-likeness (QED) is 0.726. The minimum atomic E-state index is 0.885. The fourth-order valence-corrected chi connectivity index (χ4v) is 2.77. The van der Waals surface area contributed by atoms with E-state index in [0.29, 0.717) is 0 Å². The van der Waals surface area contributed by atoms with Gasteiger partial charge in [0.15, 0.2) is 0 Å². The van der Waals surface area contributed by atoms with Crippen molar-refractivity contribution in [3.05, 3.63) is 46.7 Å². The molecule has 0 atom stereocenters. The lowest BCUT2D eigenvalue weighted by Gasteiger charge is -2.07. The Bertz CT molecular complexity index is 657. The van der Waals surface area contributed by atoms with Crippen molar-refractivity contribution in [2.45, 2.75) is 20.0 Å². The summed E-state index contributed by atoms with van der Waals surface area (Å²) in [6, 6.07) is 8.27. The van der Waals surface area contributed by atoms with Crippen LogP contribution in [-0.4, -0.2) is 21.1 Å². The van der Waals surface area contributed by atoms with Crippen LogP contribution in [0.25, 0.3) is 11.0 Å². The van der Waals surface area contributed by atoms with Gasteiger partial charge in [-0.05, 0) is 19.1 Å². The first-order valence-electron chi connectivity index (χ1n) is 6.34. The van der Waals surface area contributed by atoms with E-state index in [-0.39, 0.29) is 0 Å². The van der Waals surface area contributed by atoms with E-state index in [1.54, 1.807) is 11.3 Å². The first kappa shape index (κ1) is 12.3. The number of aromatic nitrogens is 3. The predicted molar refractivity (Wildman–Crippen MR) is 78.3 cm³/mol. The highest BCUT2D eigenvalue weighted by Gasteiger charge is 2.05. The molecule has 1 N–H and O–H groups in total. The van der Waals surface area contributed by atoms with E-state index in [9.17, 15) is 0 Å². The number of hydrogen-bond donors (Lipinski definition) is 1. The Hall–Kier alpha value is -1.72. The average molecular weight is 272 g/mol. The van der Waals surface area contributed by atoms with E-state index in [1.807, 2.05) is 17.8 Å². The second-order valence-electron chi connectivity index (χ2n) is 4.44. The molecule has 5 heteroatoms. The minimum Gasteiger partial charge on any atom is -0.327 e. The van der Waals surface area contributed by atoms with Crippen LogP contribution in [0.1, 0.15) is 10.7 Å². The molecule has 0 unspecified atom stereocenters. The summed E-state index contributed by atoms with van der Waals surface area (Å²) in [7, 11) is 0. The Kier molecular flexibility index (Phi) is 3.57. The van der Waals surface area contributed by atoms with Gasteiger partial charge in [-0.1, -0.05) is 12.1 Å². The normalized spacial score (nSPS) is 11.2. The lowest BCUT2D eigenvalue weighted by atomic mass is 10.3. The van der Waals surface area contributed by atoms with Gasteiger partial charge in [-0.2, -0.15) is 0 Å². The van der Waals surface area contributed by atoms with Crippen LogP contribution in [-0.2, 0) is 13.1 Å². The van der Waals surface area contributed by atoms with Crippen LogP contribution in [0.5, 0.6) is 0 Å². The summed E-state index contributed by atoms with van der Waals surface area (Å²) < 4.78 is 2.26. The highest BCUT2D eigenvalue weighted by Crippen LogP contribution is 2.14. The van der Waals surface area contributed by atoms with Crippen molar-refractivity contribution in [3.8, 4) is 0 Å². The number of hydrogen-bond acceptors (Lipinski definition) is 4. The van der Waals surface area contributed by atoms with Crippen LogP contribution in [0.15, 0.2) is 36.0 Å². The molecule has 0 bridgehead atoms. The van der Waals surface area contributed by atoms with Crippen molar-refractivity contribution >= 4 is 22.4 Å². The molecule has 0 fully saturated rings. The lowest BCUT2D eigenvalue weighted by Crippen LogP contribution is -2.19. The lowest BCUT2D eigenvalue weighted by molar-refractivity contribution is 0.600. The van der Waals surface area contributed by atoms with Crippen LogP contribution in [0.4, 0.5) is 0 Å². The Morgan fingerprint density at radius 3 is 3.05 bits per heavy atom. The molecule has 0 saturated heterocycles. The number of imidazole rings is 1. The number of nitrogens with one attached hydrogen (secondary N) is 1. The second-order valence-corrected chi connectivity index (χ2v) is 5.41. The maximum Gasteiger partial charge on any atom is 0.106 e. The zero-order valence-corrected chi connectivity index (χ0v) is 11.7. The van der Waals surface area contributed by atoms with Crippen LogP contribution in [0.2, 0.25) is 0 Å². The largest absolute Gasteiger partial charge is 0.327 e. The Morgan fingerprint density at radius 2 is 2.21 bits per heavy atom. The molecule has 3 rings (SSSR count). The summed E-state index contributed by atoms with van der Waals surface area (Å²) in [5.41, 5.74) is 4.15. The molecule has 0 spiro atoms. The van der Waals surface area contributed by atoms with Crippen LogP contribution in [0.3, 0.4) is 0 Å². The zero-order chi connectivity index (χ0) is 13.1. The molecule has 3 aromatic rings. The van der Waals surface area contributed by atoms with E-state index in [1.165, 1.54) is 10.4 Å². The minimum absolute atomic E-state index is 0.885. The first-order valence-corrected chi connectivity index (χ1v) is 7.22. The number of thiazole rings is 1. The smallest absolute Gasteiger partial charge is 0.106 e. The molecule has 0 aliphatic heterocycles. The molecule has 0 saturated carbocycles. The summed E-state index contributed by atoms with van der Waals surface area (Å²) in [5.74, 6) is 1.07. The molecular weight excluding hydrogens is 256 g/mol. The van der Waals surface area contributed by atoms with E-state index >= 15 is 0 Å². The number of aryl methyl sites for hydroxylation is 1. The molecule has 0 aliphatic rings. The average Bonchev–Trinajstić information content (AvgIpc) is 3.02. The SMILES string of the molecule is Cc1nc2ccccc2n1CCNCc1cncs1. The molecular formula is C14H16N4S. The molecule has 0 radical (unpaired) electrons. The molecule has 0 aliphatic carbocycles. The summed E-state index contributed by atoms with van der Waals surface area (Å²) in [4.78, 5) is 9.91. The van der Waals surface area contributed by atoms with Gasteiger partial charge in [0.05, 0.1) is 16.5 Å². The van der Waals surface area contributed by atoms with Gasteiger partial charge in [0.2, 0.25) is 0 Å². The number of para-hydroxylation sites is 2. The van der Waals surface area contributed by atoms with Gasteiger partial charge >= 0.3 is 0 Å². The number of fused-ring (bicyclic) bond motifs is 1. The Balaban J connectivity index is 1.63. The predicted octanol–water partition coefficient (Wildman–Crippen LogP) is 2.59. The molecule has 19 heavy (non-hydrogen) atoms. The summed E-state index contributed by atoms with van der Waals surface area (Å²) >= 11 is 1.68. The van der Waals surface area contributed by atoms with E-state index in [4.69, 9.17) is 0 Å². The first-order chi connectivity index (χ1) is 9.34. The van der Waals surface area contributed by atoms with Gasteiger partial charge in [-0.15, -0.1) is 11.3 Å². The van der Waals surface area contributed by atoms with Crippen molar-refractivity contribution in [2.24, 2.45) is 0 Å². The molecule has 98 valence electrons. The summed E-state index contributed by atoms with van der Waals surface area (Å²) in [6.45, 7) is 4.81. The van der Waals surface area contributed by atoms with E-state index in [2.05, 4.69) is 45.0 Å². The van der Waals surface area contributed by atoms with Crippen LogP contribution in [0, 0.1) is 6.92 Å². The Labute approximate surface area is 116 Å². The van der Waals surface area contributed by atoms with E-state index < -0.39 is 0 Å². The monoisotopic (exact) mass is 272 g/mol. The third-order valence-corrected chi connectivity index (χ3v) is 3.92. The number of benzene rings is 1. The van der Waals surface area contributed by atoms with Crippen LogP contribution >= 0.6 is 11.3 Å². The van der Waals surface area contributed by atoms with Crippen molar-refractivity contribution in [1.82, 2.24) is 19.9 Å². The fourth-order valence-electron chi connectivity index (χ4n) is 2.21. The van der Waals surface area contributed by atoms with Gasteiger partial charge < -0.3 is 9.88 Å². The molecule has 2 heterocycles. The fraction of sp³-hybridized carbons (Fsp3) is 0.286. The Morgan fingerprint density at radius 1 is 1.32 bits per heavy atom. The number of nitrogens with zero attached hydrogens (tertiary/aromatic N) is 3. The van der Waals surface area contributed by atoms with Gasteiger partial charge in [0, 0.05) is 30.7 Å². The third-order valence-electron chi connectivity index (χ3n) is 3.14. The molecule has 4 nitrogen and oxygen atoms in total. The van der Waals surface area contributed by atoms with Crippen molar-refractivity contribution in [2.75, 3.05) is 6.54 Å². The van der Waals surface area contributed by atoms with Gasteiger partial charge in [0.1, 0.15) is 5.82 Å². The number of rotatable bonds is 5. The molecule has 0 amide bonds. The highest BCUT2D eigenvalue weighted by atomic mass is 32.1. The van der Waals surface area contributed by atoms with Crippen LogP contribution < -0.4 is 5.32 Å². The maximum atomic E-state index is 4.57. The van der Waals surface area contributed by atoms with Gasteiger partial charge in [-0.25, -0.2) is 4.98 Å². The van der Waals surface area contributed by atoms with E-state index in [0.717, 1.165) is 31.0 Å². The standard InChI is InChI=1S/C14H16N4S/c1-11-17-13-4-2-3-5-14(13)18(11)7-6-15-8-12-9-16-10-19-12/h2-5,9-10,15H,6-8H2,1H3. The van der Waals surface area contributed by atoms with Crippen molar-refractivity contribution < 1.29 is 0 Å². The molecule has 1 aromatic carbocycles. The highest BCUT2D eigenvalue weighted by molar-refractivity contribution is 7.09. The second kappa shape index (κ2) is 5.50. The van der Waals surface area contributed by atoms with Gasteiger partial charge in [-0.3, -0.25) is 4.98 Å². The summed E-state index contributed by atoms with van der Waals surface area (Å²) in [5, 5.41) is 3.44. The van der Waals surface area contributed by atoms with Gasteiger partial charge in [0.25, 0.3) is 0 Å². The maximum absolute atomic E-state index is 4.57. The van der Waals surface area contributed by atoms with Crippen molar-refractivity contribution in [1.29, 1.82) is 0 Å². The van der Waals surface area contributed by atoms with Crippen molar-refractivity contribution in [3.63, 3.8) is 0 Å². The topological polar surface area (TPSA) is 42.7 Å². The third kappa shape index (κ3) is 2.67. The zero-order valence-electron chi connectivity index (χ0n) is 10.8. The summed E-state index contributed by atoms with van der Waals surface area (Å²) in [6.07, 6.45) is 1.91.